The molecule has 4 rings (SSSR count). The first-order chi connectivity index (χ1) is 15.7. The van der Waals surface area contributed by atoms with Crippen LogP contribution in [-0.4, -0.2) is 65.1 Å². The molecule has 7 nitrogen and oxygen atoms in total. The number of carbonyl (C=O) groups is 1. The van der Waals surface area contributed by atoms with Crippen molar-refractivity contribution in [3.63, 3.8) is 0 Å². The van der Waals surface area contributed by atoms with Gasteiger partial charge in [-0.15, -0.1) is 0 Å². The Bertz CT molecular complexity index is 848. The van der Waals surface area contributed by atoms with Crippen LogP contribution in [0.1, 0.15) is 50.8 Å². The van der Waals surface area contributed by atoms with Crippen LogP contribution in [0.3, 0.4) is 0 Å². The molecule has 2 aliphatic rings. The molecule has 2 aromatic rings. The van der Waals surface area contributed by atoms with Gasteiger partial charge in [0.2, 0.25) is 17.6 Å². The minimum absolute atomic E-state index is 0.0378. The van der Waals surface area contributed by atoms with E-state index in [1.165, 1.54) is 38.8 Å². The number of amides is 1. The SMILES string of the molecule is O=C(NCCCN1CCCCCC1)C1CCCN(Cc2nc(-c3ccc(Br)cc3)no2)C1. The van der Waals surface area contributed by atoms with E-state index in [1.807, 2.05) is 24.3 Å². The van der Waals surface area contributed by atoms with E-state index >= 15 is 0 Å². The Labute approximate surface area is 199 Å². The summed E-state index contributed by atoms with van der Waals surface area (Å²) in [6, 6.07) is 7.86. The summed E-state index contributed by atoms with van der Waals surface area (Å²) < 4.78 is 6.49. The summed E-state index contributed by atoms with van der Waals surface area (Å²) in [7, 11) is 0. The average Bonchev–Trinajstić information content (AvgIpc) is 3.11. The number of benzene rings is 1. The Hall–Kier alpha value is -1.77. The van der Waals surface area contributed by atoms with Gasteiger partial charge in [0.25, 0.3) is 0 Å². The standard InChI is InChI=1S/C24H34BrN5O2/c25-21-10-8-19(9-11-21)23-27-22(32-28-23)18-30-15-5-7-20(17-30)24(31)26-12-6-16-29-13-3-1-2-4-14-29/h8-11,20H,1-7,12-18H2,(H,26,31). The van der Waals surface area contributed by atoms with Crippen molar-refractivity contribution in [2.45, 2.75) is 51.5 Å². The summed E-state index contributed by atoms with van der Waals surface area (Å²) >= 11 is 3.44. The first kappa shape index (κ1) is 23.4. The summed E-state index contributed by atoms with van der Waals surface area (Å²) in [5.74, 6) is 1.42. The molecule has 1 aromatic heterocycles. The highest BCUT2D eigenvalue weighted by atomic mass is 79.9. The van der Waals surface area contributed by atoms with Crippen molar-refractivity contribution >= 4 is 21.8 Å². The van der Waals surface area contributed by atoms with Gasteiger partial charge in [-0.1, -0.05) is 33.9 Å². The lowest BCUT2D eigenvalue weighted by Gasteiger charge is -2.31. The number of piperidine rings is 1. The fraction of sp³-hybridized carbons (Fsp3) is 0.625. The number of nitrogens with zero attached hydrogens (tertiary/aromatic N) is 4. The molecule has 0 spiro atoms. The summed E-state index contributed by atoms with van der Waals surface area (Å²) in [5, 5.41) is 7.29. The van der Waals surface area contributed by atoms with Gasteiger partial charge >= 0.3 is 0 Å². The largest absolute Gasteiger partial charge is 0.356 e. The van der Waals surface area contributed by atoms with E-state index in [-0.39, 0.29) is 11.8 Å². The first-order valence-corrected chi connectivity index (χ1v) is 12.8. The molecule has 0 bridgehead atoms. The average molecular weight is 504 g/mol. The van der Waals surface area contributed by atoms with Crippen LogP contribution in [0.2, 0.25) is 0 Å². The van der Waals surface area contributed by atoms with Gasteiger partial charge < -0.3 is 14.7 Å². The van der Waals surface area contributed by atoms with Crippen LogP contribution in [0.5, 0.6) is 0 Å². The lowest BCUT2D eigenvalue weighted by Crippen LogP contribution is -2.43. The van der Waals surface area contributed by atoms with Crippen LogP contribution in [-0.2, 0) is 11.3 Å². The summed E-state index contributed by atoms with van der Waals surface area (Å²) in [4.78, 5) is 22.1. The van der Waals surface area contributed by atoms with Crippen LogP contribution in [0, 0.1) is 5.92 Å². The molecule has 1 unspecified atom stereocenters. The first-order valence-electron chi connectivity index (χ1n) is 12.0. The van der Waals surface area contributed by atoms with Crippen LogP contribution < -0.4 is 5.32 Å². The molecular weight excluding hydrogens is 470 g/mol. The van der Waals surface area contributed by atoms with Crippen molar-refractivity contribution in [3.8, 4) is 11.4 Å². The second kappa shape index (κ2) is 11.9. The molecular formula is C24H34BrN5O2. The van der Waals surface area contributed by atoms with Gasteiger partial charge in [0.05, 0.1) is 12.5 Å². The van der Waals surface area contributed by atoms with Gasteiger partial charge in [0, 0.05) is 23.1 Å². The van der Waals surface area contributed by atoms with E-state index < -0.39 is 0 Å². The third kappa shape index (κ3) is 6.86. The molecule has 8 heteroatoms. The van der Waals surface area contributed by atoms with Crippen LogP contribution >= 0.6 is 15.9 Å². The molecule has 2 saturated heterocycles. The van der Waals surface area contributed by atoms with Crippen molar-refractivity contribution in [2.75, 3.05) is 39.3 Å². The van der Waals surface area contributed by atoms with Gasteiger partial charge in [0.1, 0.15) is 0 Å². The Balaban J connectivity index is 1.20. The van der Waals surface area contributed by atoms with E-state index in [4.69, 9.17) is 4.52 Å². The molecule has 2 fully saturated rings. The molecule has 174 valence electrons. The maximum Gasteiger partial charge on any atom is 0.241 e. The second-order valence-electron chi connectivity index (χ2n) is 8.99. The third-order valence-corrected chi connectivity index (χ3v) is 6.98. The van der Waals surface area contributed by atoms with Gasteiger partial charge in [-0.3, -0.25) is 9.69 Å². The number of aromatic nitrogens is 2. The van der Waals surface area contributed by atoms with Crippen molar-refractivity contribution in [2.24, 2.45) is 5.92 Å². The molecule has 3 heterocycles. The minimum Gasteiger partial charge on any atom is -0.356 e. The zero-order valence-electron chi connectivity index (χ0n) is 18.8. The highest BCUT2D eigenvalue weighted by molar-refractivity contribution is 9.10. The zero-order chi connectivity index (χ0) is 22.2. The van der Waals surface area contributed by atoms with E-state index in [0.717, 1.165) is 55.5 Å². The maximum atomic E-state index is 12.7. The van der Waals surface area contributed by atoms with Gasteiger partial charge in [-0.05, 0) is 82.5 Å². The third-order valence-electron chi connectivity index (χ3n) is 6.45. The fourth-order valence-corrected chi connectivity index (χ4v) is 4.92. The summed E-state index contributed by atoms with van der Waals surface area (Å²) in [5.41, 5.74) is 0.930. The predicted molar refractivity (Wildman–Crippen MR) is 128 cm³/mol. The fourth-order valence-electron chi connectivity index (χ4n) is 4.66. The Morgan fingerprint density at radius 2 is 1.81 bits per heavy atom. The van der Waals surface area contributed by atoms with E-state index in [1.54, 1.807) is 0 Å². The molecule has 1 aromatic carbocycles. The molecule has 1 N–H and O–H groups in total. The maximum absolute atomic E-state index is 12.7. The zero-order valence-corrected chi connectivity index (χ0v) is 20.4. The van der Waals surface area contributed by atoms with Crippen molar-refractivity contribution in [3.05, 3.63) is 34.6 Å². The Morgan fingerprint density at radius 1 is 1.06 bits per heavy atom. The van der Waals surface area contributed by atoms with Crippen LogP contribution in [0.15, 0.2) is 33.3 Å². The number of hydrogen-bond donors (Lipinski definition) is 1. The van der Waals surface area contributed by atoms with Gasteiger partial charge in [0.15, 0.2) is 0 Å². The monoisotopic (exact) mass is 503 g/mol. The lowest BCUT2D eigenvalue weighted by molar-refractivity contribution is -0.126. The second-order valence-corrected chi connectivity index (χ2v) is 9.91. The Morgan fingerprint density at radius 3 is 2.59 bits per heavy atom. The van der Waals surface area contributed by atoms with Gasteiger partial charge in [-0.2, -0.15) is 4.98 Å². The predicted octanol–water partition coefficient (Wildman–Crippen LogP) is 4.09. The topological polar surface area (TPSA) is 74.5 Å². The molecule has 0 radical (unpaired) electrons. The number of nitrogens with one attached hydrogen (secondary N) is 1. The smallest absolute Gasteiger partial charge is 0.241 e. The highest BCUT2D eigenvalue weighted by Crippen LogP contribution is 2.21. The minimum atomic E-state index is 0.0378. The molecule has 0 aliphatic carbocycles. The molecule has 0 saturated carbocycles. The van der Waals surface area contributed by atoms with Crippen molar-refractivity contribution in [1.82, 2.24) is 25.3 Å². The summed E-state index contributed by atoms with van der Waals surface area (Å²) in [6.45, 7) is 6.57. The quantitative estimate of drug-likeness (QED) is 0.546. The highest BCUT2D eigenvalue weighted by Gasteiger charge is 2.26. The summed E-state index contributed by atoms with van der Waals surface area (Å²) in [6.07, 6.45) is 8.34. The lowest BCUT2D eigenvalue weighted by atomic mass is 9.97. The van der Waals surface area contributed by atoms with Crippen molar-refractivity contribution in [1.29, 1.82) is 0 Å². The van der Waals surface area contributed by atoms with Gasteiger partial charge in [-0.25, -0.2) is 0 Å². The molecule has 32 heavy (non-hydrogen) atoms. The molecule has 2 aliphatic heterocycles. The number of halogens is 1. The molecule has 1 atom stereocenters. The van der Waals surface area contributed by atoms with Crippen LogP contribution in [0.4, 0.5) is 0 Å². The van der Waals surface area contributed by atoms with Crippen LogP contribution in [0.25, 0.3) is 11.4 Å². The number of likely N-dealkylation sites (tertiary alicyclic amines) is 2. The van der Waals surface area contributed by atoms with E-state index in [2.05, 4.69) is 41.2 Å². The van der Waals surface area contributed by atoms with Crippen molar-refractivity contribution < 1.29 is 9.32 Å². The molecule has 1 amide bonds. The number of rotatable bonds is 8. The van der Waals surface area contributed by atoms with E-state index in [9.17, 15) is 4.79 Å². The normalized spacial score (nSPS) is 20.7. The Kier molecular flexibility index (Phi) is 8.70. The number of carbonyl (C=O) groups excluding carboxylic acids is 1. The number of hydrogen-bond acceptors (Lipinski definition) is 6. The van der Waals surface area contributed by atoms with E-state index in [0.29, 0.717) is 18.3 Å².